The van der Waals surface area contributed by atoms with Crippen LogP contribution in [0.15, 0.2) is 0 Å². The maximum absolute atomic E-state index is 9.18. The van der Waals surface area contributed by atoms with Crippen LogP contribution in [-0.2, 0) is 4.74 Å². The van der Waals surface area contributed by atoms with Crippen LogP contribution < -0.4 is 5.73 Å². The van der Waals surface area contributed by atoms with Crippen LogP contribution >= 0.6 is 0 Å². The summed E-state index contributed by atoms with van der Waals surface area (Å²) >= 11 is 0. The van der Waals surface area contributed by atoms with Gasteiger partial charge in [-0.1, -0.05) is 0 Å². The van der Waals surface area contributed by atoms with Crippen molar-refractivity contribution in [2.45, 2.75) is 37.2 Å². The molecule has 2 heterocycles. The lowest BCUT2D eigenvalue weighted by atomic mass is 9.94. The Morgan fingerprint density at radius 2 is 2.22 bits per heavy atom. The number of nitrogens with two attached hydrogens (primary N) is 1. The molecule has 2 saturated heterocycles. The Balaban J connectivity index is 2.13. The van der Waals surface area contributed by atoms with E-state index in [0.29, 0.717) is 0 Å². The number of hydrogen-bond donors (Lipinski definition) is 2. The highest BCUT2D eigenvalue weighted by Gasteiger charge is 2.45. The van der Waals surface area contributed by atoms with Gasteiger partial charge < -0.3 is 15.6 Å². The van der Waals surface area contributed by atoms with E-state index < -0.39 is 0 Å². The van der Waals surface area contributed by atoms with Crippen LogP contribution in [0.1, 0.15) is 12.8 Å². The van der Waals surface area contributed by atoms with Crippen LogP contribution in [0.3, 0.4) is 0 Å². The number of aliphatic hydroxyl groups is 1. The highest BCUT2D eigenvalue weighted by atomic mass is 16.5. The maximum atomic E-state index is 9.18. The summed E-state index contributed by atoms with van der Waals surface area (Å²) in [6, 6.07) is 0.0822. The molecule has 0 unspecified atom stereocenters. The summed E-state index contributed by atoms with van der Waals surface area (Å²) < 4.78 is 5.32. The largest absolute Gasteiger partial charge is 0.390 e. The number of aliphatic hydroxyl groups excluding tert-OH is 1. The molecule has 2 fully saturated rings. The Labute approximate surface area is 53.8 Å². The van der Waals surface area contributed by atoms with Gasteiger partial charge in [0.05, 0.1) is 18.3 Å². The van der Waals surface area contributed by atoms with E-state index in [9.17, 15) is 5.11 Å². The minimum Gasteiger partial charge on any atom is -0.390 e. The molecule has 0 spiro atoms. The molecule has 0 aliphatic carbocycles. The van der Waals surface area contributed by atoms with Gasteiger partial charge in [0.2, 0.25) is 0 Å². The van der Waals surface area contributed by atoms with Crippen molar-refractivity contribution in [2.75, 3.05) is 0 Å². The summed E-state index contributed by atoms with van der Waals surface area (Å²) in [6.07, 6.45) is 1.62. The third kappa shape index (κ3) is 0.689. The number of rotatable bonds is 0. The average molecular weight is 129 g/mol. The molecule has 52 valence electrons. The highest BCUT2D eigenvalue weighted by Crippen LogP contribution is 2.33. The zero-order valence-electron chi connectivity index (χ0n) is 5.16. The number of fused-ring (bicyclic) bond motifs is 2. The molecular weight excluding hydrogens is 118 g/mol. The standard InChI is InChI=1S/C6H11NO2/c7-4-1-3-2-5(8)6(4)9-3/h3-6,8H,1-2,7H2/t3-,4+,5-,6+/m0/s1. The Hall–Kier alpha value is -0.120. The van der Waals surface area contributed by atoms with Gasteiger partial charge in [0.15, 0.2) is 0 Å². The van der Waals surface area contributed by atoms with Crippen LogP contribution in [0.2, 0.25) is 0 Å². The van der Waals surface area contributed by atoms with Crippen molar-refractivity contribution in [1.82, 2.24) is 0 Å². The molecule has 3 N–H and O–H groups in total. The van der Waals surface area contributed by atoms with E-state index in [1.807, 2.05) is 0 Å². The molecular formula is C6H11NO2. The molecule has 9 heavy (non-hydrogen) atoms. The predicted octanol–water partition coefficient (Wildman–Crippen LogP) is -0.764. The van der Waals surface area contributed by atoms with E-state index in [0.717, 1.165) is 12.8 Å². The van der Waals surface area contributed by atoms with Gasteiger partial charge in [-0.3, -0.25) is 0 Å². The smallest absolute Gasteiger partial charge is 0.0989 e. The molecule has 3 heteroatoms. The molecule has 4 atom stereocenters. The second-order valence-corrected chi connectivity index (χ2v) is 2.93. The monoisotopic (exact) mass is 129 g/mol. The van der Waals surface area contributed by atoms with Gasteiger partial charge in [0.1, 0.15) is 0 Å². The molecule has 0 aromatic carbocycles. The van der Waals surface area contributed by atoms with Crippen molar-refractivity contribution < 1.29 is 9.84 Å². The molecule has 2 aliphatic heterocycles. The van der Waals surface area contributed by atoms with Crippen LogP contribution in [0.25, 0.3) is 0 Å². The van der Waals surface area contributed by atoms with Crippen LogP contribution in [0.5, 0.6) is 0 Å². The topological polar surface area (TPSA) is 55.5 Å². The van der Waals surface area contributed by atoms with E-state index in [-0.39, 0.29) is 24.4 Å². The number of ether oxygens (including phenoxy) is 1. The summed E-state index contributed by atoms with van der Waals surface area (Å²) in [6.45, 7) is 0. The minimum atomic E-state index is -0.293. The normalized spacial score (nSPS) is 56.7. The molecule has 3 nitrogen and oxygen atoms in total. The zero-order valence-corrected chi connectivity index (χ0v) is 5.16. The first-order valence-corrected chi connectivity index (χ1v) is 3.36. The molecule has 0 saturated carbocycles. The van der Waals surface area contributed by atoms with Gasteiger partial charge in [0.25, 0.3) is 0 Å². The van der Waals surface area contributed by atoms with Gasteiger partial charge in [-0.05, 0) is 6.42 Å². The molecule has 0 amide bonds. The fraction of sp³-hybridized carbons (Fsp3) is 1.00. The van der Waals surface area contributed by atoms with Crippen molar-refractivity contribution in [1.29, 1.82) is 0 Å². The summed E-state index contributed by atoms with van der Waals surface area (Å²) in [7, 11) is 0. The Morgan fingerprint density at radius 1 is 1.44 bits per heavy atom. The summed E-state index contributed by atoms with van der Waals surface area (Å²) in [5.74, 6) is 0. The lowest BCUT2D eigenvalue weighted by Gasteiger charge is -2.18. The molecule has 0 radical (unpaired) electrons. The van der Waals surface area contributed by atoms with E-state index in [2.05, 4.69) is 0 Å². The molecule has 2 aliphatic rings. The van der Waals surface area contributed by atoms with Gasteiger partial charge in [-0.25, -0.2) is 0 Å². The molecule has 2 bridgehead atoms. The van der Waals surface area contributed by atoms with Crippen LogP contribution in [0, 0.1) is 0 Å². The van der Waals surface area contributed by atoms with Gasteiger partial charge in [-0.2, -0.15) is 0 Å². The first-order valence-electron chi connectivity index (χ1n) is 3.36. The molecule has 2 rings (SSSR count). The van der Waals surface area contributed by atoms with E-state index in [1.54, 1.807) is 0 Å². The van der Waals surface area contributed by atoms with Crippen molar-refractivity contribution >= 4 is 0 Å². The molecule has 0 aromatic rings. The quantitative estimate of drug-likeness (QED) is 0.452. The van der Waals surface area contributed by atoms with E-state index in [4.69, 9.17) is 10.5 Å². The van der Waals surface area contributed by atoms with Crippen molar-refractivity contribution in [3.8, 4) is 0 Å². The van der Waals surface area contributed by atoms with E-state index >= 15 is 0 Å². The first kappa shape index (κ1) is 5.65. The lowest BCUT2D eigenvalue weighted by Crippen LogP contribution is -2.40. The second-order valence-electron chi connectivity index (χ2n) is 2.93. The van der Waals surface area contributed by atoms with Crippen LogP contribution in [0.4, 0.5) is 0 Å². The SMILES string of the molecule is N[C@@H]1C[C@H]2C[C@H](O)[C@@H]1O2. The Morgan fingerprint density at radius 3 is 2.56 bits per heavy atom. The summed E-state index contributed by atoms with van der Waals surface area (Å²) in [5.41, 5.74) is 5.63. The van der Waals surface area contributed by atoms with Crippen LogP contribution in [-0.4, -0.2) is 29.5 Å². The van der Waals surface area contributed by atoms with Crippen molar-refractivity contribution in [2.24, 2.45) is 5.73 Å². The number of hydrogen-bond acceptors (Lipinski definition) is 3. The predicted molar refractivity (Wildman–Crippen MR) is 31.9 cm³/mol. The Kier molecular flexibility index (Phi) is 1.06. The molecule has 0 aromatic heterocycles. The summed E-state index contributed by atoms with van der Waals surface area (Å²) in [5, 5.41) is 9.18. The highest BCUT2D eigenvalue weighted by molar-refractivity contribution is 4.97. The van der Waals surface area contributed by atoms with Gasteiger partial charge >= 0.3 is 0 Å². The van der Waals surface area contributed by atoms with Crippen molar-refractivity contribution in [3.05, 3.63) is 0 Å². The van der Waals surface area contributed by atoms with E-state index in [1.165, 1.54) is 0 Å². The second kappa shape index (κ2) is 1.68. The fourth-order valence-corrected chi connectivity index (χ4v) is 1.75. The first-order chi connectivity index (χ1) is 4.27. The Bertz CT molecular complexity index is 116. The van der Waals surface area contributed by atoms with Crippen molar-refractivity contribution in [3.63, 3.8) is 0 Å². The fourth-order valence-electron chi connectivity index (χ4n) is 1.75. The van der Waals surface area contributed by atoms with Gasteiger partial charge in [-0.15, -0.1) is 0 Å². The minimum absolute atomic E-state index is 0.0602. The third-order valence-corrected chi connectivity index (χ3v) is 2.19. The van der Waals surface area contributed by atoms with Gasteiger partial charge in [0, 0.05) is 12.5 Å². The average Bonchev–Trinajstić information content (AvgIpc) is 2.22. The third-order valence-electron chi connectivity index (χ3n) is 2.19. The maximum Gasteiger partial charge on any atom is 0.0989 e. The lowest BCUT2D eigenvalue weighted by molar-refractivity contribution is 0.0468. The summed E-state index contributed by atoms with van der Waals surface area (Å²) in [4.78, 5) is 0. The zero-order chi connectivity index (χ0) is 6.43.